The van der Waals surface area contributed by atoms with E-state index in [1.165, 1.54) is 16.5 Å². The average Bonchev–Trinajstić information content (AvgIpc) is 3.00. The number of fused-ring (bicyclic) bond motifs is 1. The molecule has 1 N–H and O–H groups in total. The Kier molecular flexibility index (Phi) is 11.8. The SMILES string of the molecule is CC1=[C-]C(C)([Si](C)C)C(C)=C1C.[Cl-].[Cl-].[Zr+4].[c-]1cc2ccccc2[nH]1. The molecule has 0 amide bonds. The first-order chi connectivity index (χ1) is 9.86. The molecule has 127 valence electrons. The Morgan fingerprint density at radius 2 is 1.62 bits per heavy atom. The molecular weight excluding hydrogens is 432 g/mol. The number of H-pyrrole nitrogens is 1. The molecule has 0 saturated carbocycles. The van der Waals surface area contributed by atoms with Crippen molar-refractivity contribution in [2.45, 2.75) is 45.8 Å². The molecule has 1 radical (unpaired) electrons. The first kappa shape index (κ1) is 26.2. The third kappa shape index (κ3) is 5.46. The summed E-state index contributed by atoms with van der Waals surface area (Å²) < 4.78 is 0. The minimum atomic E-state index is -0.314. The van der Waals surface area contributed by atoms with Crippen LogP contribution >= 0.6 is 0 Å². The summed E-state index contributed by atoms with van der Waals surface area (Å²) in [6.45, 7) is 13.7. The third-order valence-corrected chi connectivity index (χ3v) is 7.21. The van der Waals surface area contributed by atoms with E-state index in [0.29, 0.717) is 5.04 Å². The Morgan fingerprint density at radius 3 is 2.04 bits per heavy atom. The zero-order chi connectivity index (χ0) is 15.6. The standard InChI is InChI=1S/C11H18Si.C8H6N.2ClH.Zr/c1-8-7-11(4,12(5)6)10(3)9(8)2;1-2-4-8-7(3-1)5-6-9-8;;;/h1-6H3;1-5,9H;2*1H;/q2*-1;;;+4/p-2. The zero-order valence-corrected chi connectivity index (χ0v) is 20.1. The second kappa shape index (κ2) is 10.8. The minimum Gasteiger partial charge on any atom is -1.00 e. The van der Waals surface area contributed by atoms with Gasteiger partial charge in [0.25, 0.3) is 0 Å². The summed E-state index contributed by atoms with van der Waals surface area (Å²) in [6.07, 6.45) is 6.53. The fourth-order valence-electron chi connectivity index (χ4n) is 2.65. The van der Waals surface area contributed by atoms with Crippen molar-refractivity contribution >= 4 is 19.7 Å². The van der Waals surface area contributed by atoms with Gasteiger partial charge in [-0.25, -0.2) is 5.57 Å². The average molecular weight is 457 g/mol. The molecule has 1 unspecified atom stereocenters. The molecular formula is C19H24Cl2NSiZr. The molecule has 1 aromatic heterocycles. The fraction of sp³-hybridized carbons (Fsp3) is 0.368. The molecule has 1 aromatic carbocycles. The van der Waals surface area contributed by atoms with Crippen molar-refractivity contribution < 1.29 is 51.0 Å². The quantitative estimate of drug-likeness (QED) is 0.443. The molecule has 1 aliphatic carbocycles. The van der Waals surface area contributed by atoms with Crippen LogP contribution in [0, 0.1) is 12.3 Å². The van der Waals surface area contributed by atoms with Crippen LogP contribution in [0.3, 0.4) is 0 Å². The van der Waals surface area contributed by atoms with E-state index in [-0.39, 0.29) is 59.8 Å². The second-order valence-electron chi connectivity index (χ2n) is 6.13. The van der Waals surface area contributed by atoms with Crippen molar-refractivity contribution in [3.05, 3.63) is 59.3 Å². The number of allylic oxidation sites excluding steroid dienone is 4. The van der Waals surface area contributed by atoms with Crippen LogP contribution in [0.2, 0.25) is 18.1 Å². The molecule has 1 aliphatic rings. The third-order valence-electron chi connectivity index (χ3n) is 4.71. The normalized spacial score (nSPS) is 18.9. The Morgan fingerprint density at radius 1 is 1.04 bits per heavy atom. The number of hydrogen-bond acceptors (Lipinski definition) is 0. The molecule has 0 bridgehead atoms. The Labute approximate surface area is 179 Å². The molecule has 2 aromatic rings. The summed E-state index contributed by atoms with van der Waals surface area (Å²) in [7, 11) is -0.314. The summed E-state index contributed by atoms with van der Waals surface area (Å²) in [4.78, 5) is 2.99. The second-order valence-corrected chi connectivity index (χ2v) is 9.13. The van der Waals surface area contributed by atoms with Gasteiger partial charge in [0.05, 0.1) is 0 Å². The van der Waals surface area contributed by atoms with Crippen molar-refractivity contribution in [1.29, 1.82) is 0 Å². The van der Waals surface area contributed by atoms with E-state index in [9.17, 15) is 0 Å². The zero-order valence-electron chi connectivity index (χ0n) is 15.1. The molecule has 0 spiro atoms. The Hall–Kier alpha value is -0.0800. The fourth-order valence-corrected chi connectivity index (χ4v) is 4.02. The number of aromatic amines is 1. The minimum absolute atomic E-state index is 0. The summed E-state index contributed by atoms with van der Waals surface area (Å²) in [5.41, 5.74) is 5.52. The topological polar surface area (TPSA) is 15.8 Å². The summed E-state index contributed by atoms with van der Waals surface area (Å²) in [6, 6.07) is 10.1. The van der Waals surface area contributed by atoms with Gasteiger partial charge in [-0.1, -0.05) is 51.0 Å². The predicted molar refractivity (Wildman–Crippen MR) is 93.8 cm³/mol. The molecule has 0 fully saturated rings. The van der Waals surface area contributed by atoms with Crippen LogP contribution in [0.4, 0.5) is 0 Å². The van der Waals surface area contributed by atoms with Crippen LogP contribution in [0.25, 0.3) is 10.9 Å². The van der Waals surface area contributed by atoms with Crippen molar-refractivity contribution in [1.82, 2.24) is 4.98 Å². The number of nitrogens with one attached hydrogen (secondary N) is 1. The largest absolute Gasteiger partial charge is 4.00 e. The molecule has 0 aliphatic heterocycles. The number of rotatable bonds is 1. The molecule has 0 saturated heterocycles. The predicted octanol–water partition coefficient (Wildman–Crippen LogP) is -0.426. The molecule has 1 atom stereocenters. The maximum absolute atomic E-state index is 3.62. The number of halogens is 2. The van der Waals surface area contributed by atoms with Gasteiger partial charge >= 0.3 is 26.2 Å². The van der Waals surface area contributed by atoms with Crippen LogP contribution < -0.4 is 24.8 Å². The van der Waals surface area contributed by atoms with Gasteiger partial charge in [0.1, 0.15) is 0 Å². The Balaban J connectivity index is 0. The molecule has 1 nitrogen and oxygen atoms in total. The van der Waals surface area contributed by atoms with Gasteiger partial charge in [-0.2, -0.15) is 22.6 Å². The molecule has 24 heavy (non-hydrogen) atoms. The number of para-hydroxylation sites is 1. The first-order valence-electron chi connectivity index (χ1n) is 7.40. The van der Waals surface area contributed by atoms with E-state index < -0.39 is 0 Å². The van der Waals surface area contributed by atoms with Gasteiger partial charge in [-0.15, -0.1) is 30.8 Å². The van der Waals surface area contributed by atoms with Crippen molar-refractivity contribution in [3.63, 3.8) is 0 Å². The first-order valence-corrected chi connectivity index (χ1v) is 9.90. The van der Waals surface area contributed by atoms with Crippen LogP contribution in [-0.2, 0) is 26.2 Å². The molecule has 1 heterocycles. The van der Waals surface area contributed by atoms with E-state index in [2.05, 4.69) is 64.1 Å². The summed E-state index contributed by atoms with van der Waals surface area (Å²) >= 11 is 0. The van der Waals surface area contributed by atoms with Crippen LogP contribution in [0.15, 0.2) is 47.1 Å². The summed E-state index contributed by atoms with van der Waals surface area (Å²) in [5, 5.41) is 1.51. The smallest absolute Gasteiger partial charge is 1.00 e. The maximum Gasteiger partial charge on any atom is 4.00 e. The Bertz CT molecular complexity index is 676. The summed E-state index contributed by atoms with van der Waals surface area (Å²) in [5.74, 6) is 0. The van der Waals surface area contributed by atoms with E-state index >= 15 is 0 Å². The number of aromatic nitrogens is 1. The van der Waals surface area contributed by atoms with Gasteiger partial charge in [-0.05, 0) is 0 Å². The van der Waals surface area contributed by atoms with Crippen LogP contribution in [-0.4, -0.2) is 13.8 Å². The maximum atomic E-state index is 3.62. The van der Waals surface area contributed by atoms with Gasteiger partial charge in [0.2, 0.25) is 0 Å². The van der Waals surface area contributed by atoms with Gasteiger partial charge < -0.3 is 29.8 Å². The van der Waals surface area contributed by atoms with E-state index in [0.717, 1.165) is 5.52 Å². The van der Waals surface area contributed by atoms with Crippen molar-refractivity contribution in [2.75, 3.05) is 0 Å². The number of hydrogen-bond donors (Lipinski definition) is 1. The van der Waals surface area contributed by atoms with Crippen LogP contribution in [0.5, 0.6) is 0 Å². The molecule has 3 rings (SSSR count). The molecule has 5 heteroatoms. The van der Waals surface area contributed by atoms with Gasteiger partial charge in [0, 0.05) is 8.80 Å². The van der Waals surface area contributed by atoms with Gasteiger partial charge in [0.15, 0.2) is 0 Å². The van der Waals surface area contributed by atoms with E-state index in [1.807, 2.05) is 24.3 Å². The number of benzene rings is 1. The van der Waals surface area contributed by atoms with E-state index in [4.69, 9.17) is 0 Å². The van der Waals surface area contributed by atoms with Gasteiger partial charge in [-0.3, -0.25) is 6.08 Å². The van der Waals surface area contributed by atoms with Crippen molar-refractivity contribution in [3.8, 4) is 0 Å². The van der Waals surface area contributed by atoms with Crippen LogP contribution in [0.1, 0.15) is 27.7 Å². The monoisotopic (exact) mass is 454 g/mol. The van der Waals surface area contributed by atoms with E-state index in [1.54, 1.807) is 5.57 Å². The van der Waals surface area contributed by atoms with Crippen molar-refractivity contribution in [2.24, 2.45) is 0 Å².